The Kier molecular flexibility index (Phi) is 4.84. The van der Waals surface area contributed by atoms with Gasteiger partial charge in [0.1, 0.15) is 0 Å². The molecule has 0 bridgehead atoms. The molecule has 0 unspecified atom stereocenters. The van der Waals surface area contributed by atoms with E-state index >= 15 is 0 Å². The maximum absolute atomic E-state index is 11.7. The SMILES string of the molecule is COCCS(=O)(=O)N1CCCCCC1. The summed E-state index contributed by atoms with van der Waals surface area (Å²) in [4.78, 5) is 0. The van der Waals surface area contributed by atoms with Gasteiger partial charge >= 0.3 is 0 Å². The Labute approximate surface area is 86.3 Å². The Morgan fingerprint density at radius 1 is 1.14 bits per heavy atom. The fraction of sp³-hybridized carbons (Fsp3) is 1.00. The molecular weight excluding hydrogens is 202 g/mol. The summed E-state index contributed by atoms with van der Waals surface area (Å²) in [5.74, 6) is 0.115. The van der Waals surface area contributed by atoms with Crippen molar-refractivity contribution < 1.29 is 13.2 Å². The first-order chi connectivity index (χ1) is 6.67. The van der Waals surface area contributed by atoms with Gasteiger partial charge < -0.3 is 4.74 Å². The van der Waals surface area contributed by atoms with E-state index in [0.29, 0.717) is 19.7 Å². The highest BCUT2D eigenvalue weighted by Gasteiger charge is 2.22. The van der Waals surface area contributed by atoms with Gasteiger partial charge in [-0.05, 0) is 12.8 Å². The average molecular weight is 221 g/mol. The normalized spacial score (nSPS) is 20.6. The first-order valence-corrected chi connectivity index (χ1v) is 6.74. The molecule has 0 amide bonds. The predicted molar refractivity (Wildman–Crippen MR) is 55.7 cm³/mol. The molecule has 0 radical (unpaired) electrons. The zero-order valence-corrected chi connectivity index (χ0v) is 9.55. The summed E-state index contributed by atoms with van der Waals surface area (Å²) in [6.07, 6.45) is 4.28. The monoisotopic (exact) mass is 221 g/mol. The van der Waals surface area contributed by atoms with Crippen molar-refractivity contribution in [1.29, 1.82) is 0 Å². The second-order valence-corrected chi connectivity index (χ2v) is 5.71. The first kappa shape index (κ1) is 11.9. The number of nitrogens with zero attached hydrogens (tertiary/aromatic N) is 1. The second kappa shape index (κ2) is 5.68. The molecule has 1 aliphatic rings. The molecule has 84 valence electrons. The quantitative estimate of drug-likeness (QED) is 0.706. The summed E-state index contributed by atoms with van der Waals surface area (Å²) < 4.78 is 29.9. The standard InChI is InChI=1S/C9H19NO3S/c1-13-8-9-14(11,12)10-6-4-2-3-5-7-10/h2-9H2,1H3. The van der Waals surface area contributed by atoms with E-state index in [0.717, 1.165) is 25.7 Å². The van der Waals surface area contributed by atoms with Crippen LogP contribution in [0.15, 0.2) is 0 Å². The molecule has 0 atom stereocenters. The molecule has 1 fully saturated rings. The topological polar surface area (TPSA) is 46.6 Å². The van der Waals surface area contributed by atoms with Gasteiger partial charge in [0.2, 0.25) is 10.0 Å². The van der Waals surface area contributed by atoms with Crippen molar-refractivity contribution in [2.24, 2.45) is 0 Å². The summed E-state index contributed by atoms with van der Waals surface area (Å²) in [7, 11) is -1.53. The van der Waals surface area contributed by atoms with Gasteiger partial charge in [0.25, 0.3) is 0 Å². The minimum absolute atomic E-state index is 0.115. The summed E-state index contributed by atoms with van der Waals surface area (Å²) in [6.45, 7) is 1.66. The summed E-state index contributed by atoms with van der Waals surface area (Å²) in [5.41, 5.74) is 0. The van der Waals surface area contributed by atoms with Crippen LogP contribution in [0.5, 0.6) is 0 Å². The Bertz CT molecular complexity index is 243. The highest BCUT2D eigenvalue weighted by molar-refractivity contribution is 7.89. The summed E-state index contributed by atoms with van der Waals surface area (Å²) in [5, 5.41) is 0. The third kappa shape index (κ3) is 3.55. The lowest BCUT2D eigenvalue weighted by atomic mass is 10.2. The molecule has 1 saturated heterocycles. The molecule has 5 heteroatoms. The van der Waals surface area contributed by atoms with Gasteiger partial charge in [0.05, 0.1) is 12.4 Å². The van der Waals surface area contributed by atoms with Crippen LogP contribution in [0.2, 0.25) is 0 Å². The second-order valence-electron chi connectivity index (χ2n) is 3.62. The van der Waals surface area contributed by atoms with Gasteiger partial charge in [-0.15, -0.1) is 0 Å². The average Bonchev–Trinajstić information content (AvgIpc) is 2.43. The van der Waals surface area contributed by atoms with Crippen molar-refractivity contribution >= 4 is 10.0 Å². The Balaban J connectivity index is 2.51. The molecule has 1 aliphatic heterocycles. The summed E-state index contributed by atoms with van der Waals surface area (Å²) >= 11 is 0. The number of methoxy groups -OCH3 is 1. The predicted octanol–water partition coefficient (Wildman–Crippen LogP) is 0.839. The van der Waals surface area contributed by atoms with E-state index in [9.17, 15) is 8.42 Å². The molecule has 0 aliphatic carbocycles. The molecule has 0 aromatic carbocycles. The van der Waals surface area contributed by atoms with Crippen molar-refractivity contribution in [3.63, 3.8) is 0 Å². The molecular formula is C9H19NO3S. The third-order valence-corrected chi connectivity index (χ3v) is 4.34. The zero-order valence-electron chi connectivity index (χ0n) is 8.74. The van der Waals surface area contributed by atoms with Gasteiger partial charge in [-0.3, -0.25) is 0 Å². The first-order valence-electron chi connectivity index (χ1n) is 5.13. The number of hydrogen-bond acceptors (Lipinski definition) is 3. The van der Waals surface area contributed by atoms with E-state index in [-0.39, 0.29) is 5.75 Å². The van der Waals surface area contributed by atoms with Crippen molar-refractivity contribution in [2.45, 2.75) is 25.7 Å². The van der Waals surface area contributed by atoms with Crippen molar-refractivity contribution in [3.8, 4) is 0 Å². The molecule has 1 rings (SSSR count). The van der Waals surface area contributed by atoms with Crippen LogP contribution in [0, 0.1) is 0 Å². The Hall–Kier alpha value is -0.130. The Morgan fingerprint density at radius 2 is 1.71 bits per heavy atom. The smallest absolute Gasteiger partial charge is 0.216 e. The van der Waals surface area contributed by atoms with E-state index in [2.05, 4.69) is 0 Å². The van der Waals surface area contributed by atoms with Crippen LogP contribution in [0.25, 0.3) is 0 Å². The van der Waals surface area contributed by atoms with Crippen LogP contribution >= 0.6 is 0 Å². The third-order valence-electron chi connectivity index (χ3n) is 2.50. The van der Waals surface area contributed by atoms with Crippen LogP contribution < -0.4 is 0 Å². The van der Waals surface area contributed by atoms with E-state index in [1.54, 1.807) is 4.31 Å². The van der Waals surface area contributed by atoms with E-state index in [4.69, 9.17) is 4.74 Å². The summed E-state index contributed by atoms with van der Waals surface area (Å²) in [6, 6.07) is 0. The molecule has 0 aromatic rings. The lowest BCUT2D eigenvalue weighted by Crippen LogP contribution is -2.34. The number of rotatable bonds is 4. The number of sulfonamides is 1. The van der Waals surface area contributed by atoms with Crippen LogP contribution in [0.4, 0.5) is 0 Å². The van der Waals surface area contributed by atoms with E-state index in [1.165, 1.54) is 7.11 Å². The zero-order chi connectivity index (χ0) is 10.4. The molecule has 14 heavy (non-hydrogen) atoms. The molecule has 0 saturated carbocycles. The molecule has 4 nitrogen and oxygen atoms in total. The van der Waals surface area contributed by atoms with Gasteiger partial charge in [0.15, 0.2) is 0 Å². The molecule has 0 spiro atoms. The maximum atomic E-state index is 11.7. The Morgan fingerprint density at radius 3 is 2.21 bits per heavy atom. The van der Waals surface area contributed by atoms with Crippen LogP contribution in [0.3, 0.4) is 0 Å². The van der Waals surface area contributed by atoms with Crippen molar-refractivity contribution in [3.05, 3.63) is 0 Å². The minimum atomic E-state index is -3.06. The molecule has 0 aromatic heterocycles. The van der Waals surface area contributed by atoms with Crippen LogP contribution in [-0.2, 0) is 14.8 Å². The highest BCUT2D eigenvalue weighted by atomic mass is 32.2. The molecule has 1 heterocycles. The lowest BCUT2D eigenvalue weighted by molar-refractivity contribution is 0.215. The van der Waals surface area contributed by atoms with Gasteiger partial charge in [-0.1, -0.05) is 12.8 Å². The van der Waals surface area contributed by atoms with Gasteiger partial charge in [-0.2, -0.15) is 0 Å². The van der Waals surface area contributed by atoms with E-state index in [1.807, 2.05) is 0 Å². The highest BCUT2D eigenvalue weighted by Crippen LogP contribution is 2.13. The lowest BCUT2D eigenvalue weighted by Gasteiger charge is -2.19. The van der Waals surface area contributed by atoms with E-state index < -0.39 is 10.0 Å². The van der Waals surface area contributed by atoms with Crippen LogP contribution in [-0.4, -0.2) is 45.3 Å². The van der Waals surface area contributed by atoms with Crippen LogP contribution in [0.1, 0.15) is 25.7 Å². The maximum Gasteiger partial charge on any atom is 0.216 e. The van der Waals surface area contributed by atoms with Crippen molar-refractivity contribution in [1.82, 2.24) is 4.31 Å². The van der Waals surface area contributed by atoms with Crippen molar-refractivity contribution in [2.75, 3.05) is 32.6 Å². The molecule has 0 N–H and O–H groups in total. The van der Waals surface area contributed by atoms with Gasteiger partial charge in [0, 0.05) is 20.2 Å². The number of hydrogen-bond donors (Lipinski definition) is 0. The number of ether oxygens (including phenoxy) is 1. The minimum Gasteiger partial charge on any atom is -0.384 e. The van der Waals surface area contributed by atoms with Gasteiger partial charge in [-0.25, -0.2) is 12.7 Å². The largest absolute Gasteiger partial charge is 0.384 e. The fourth-order valence-corrected chi connectivity index (χ4v) is 3.09. The fourth-order valence-electron chi connectivity index (χ4n) is 1.64.